The van der Waals surface area contributed by atoms with Crippen LogP contribution in [0.15, 0.2) is 40.9 Å². The van der Waals surface area contributed by atoms with Crippen LogP contribution in [0.4, 0.5) is 0 Å². The number of ketones is 1. The fourth-order valence-electron chi connectivity index (χ4n) is 3.92. The zero-order chi connectivity index (χ0) is 23.0. The maximum atomic E-state index is 13.3. The quantitative estimate of drug-likeness (QED) is 0.429. The van der Waals surface area contributed by atoms with E-state index in [9.17, 15) is 25.2 Å². The Kier molecular flexibility index (Phi) is 6.55. The van der Waals surface area contributed by atoms with Gasteiger partial charge in [-0.3, -0.25) is 4.79 Å². The Morgan fingerprint density at radius 3 is 2.50 bits per heavy atom. The minimum Gasteiger partial charge on any atom is -0.486 e. The van der Waals surface area contributed by atoms with E-state index in [0.717, 1.165) is 0 Å². The number of aliphatic hydroxyl groups excluding tert-OH is 4. The second-order valence-electron chi connectivity index (χ2n) is 7.52. The second-order valence-corrected chi connectivity index (χ2v) is 8.37. The average molecular weight is 511 g/mol. The van der Waals surface area contributed by atoms with Crippen molar-refractivity contribution in [1.82, 2.24) is 0 Å². The Balaban J connectivity index is 1.74. The third-order valence-corrected chi connectivity index (χ3v) is 6.36. The molecule has 1 saturated heterocycles. The molecule has 4 N–H and O–H groups in total. The standard InChI is InChI=1S/C22H23BrO9/c1-29-22(21(28)20(27)19(26)17(10-24)32-22)12-3-4-14(23)13(9-12)18(25)11-2-5-15-16(8-11)31-7-6-30-15/h2-5,8-9,17,19-21,24,26-28H,6-7,10H2,1H3/t17-,19-,20+,21-,22?/m1/s1. The van der Waals surface area contributed by atoms with E-state index in [-0.39, 0.29) is 16.9 Å². The number of benzene rings is 2. The third kappa shape index (κ3) is 3.81. The topological polar surface area (TPSA) is 135 Å². The minimum atomic E-state index is -1.92. The van der Waals surface area contributed by atoms with E-state index in [1.54, 1.807) is 30.3 Å². The molecule has 2 aromatic carbocycles. The van der Waals surface area contributed by atoms with E-state index >= 15 is 0 Å². The fourth-order valence-corrected chi connectivity index (χ4v) is 4.35. The molecule has 5 atom stereocenters. The monoisotopic (exact) mass is 510 g/mol. The number of methoxy groups -OCH3 is 1. The second kappa shape index (κ2) is 9.06. The van der Waals surface area contributed by atoms with Gasteiger partial charge in [-0.15, -0.1) is 0 Å². The van der Waals surface area contributed by atoms with Gasteiger partial charge in [0, 0.05) is 28.3 Å². The zero-order valence-electron chi connectivity index (χ0n) is 17.1. The number of halogens is 1. The summed E-state index contributed by atoms with van der Waals surface area (Å²) >= 11 is 3.38. The lowest BCUT2D eigenvalue weighted by Gasteiger charge is -2.47. The summed E-state index contributed by atoms with van der Waals surface area (Å²) in [5.41, 5.74) is 0.820. The maximum Gasteiger partial charge on any atom is 0.224 e. The molecule has 0 saturated carbocycles. The first-order valence-electron chi connectivity index (χ1n) is 9.94. The van der Waals surface area contributed by atoms with Crippen molar-refractivity contribution in [3.05, 3.63) is 57.6 Å². The maximum absolute atomic E-state index is 13.3. The van der Waals surface area contributed by atoms with Gasteiger partial charge in [0.1, 0.15) is 37.6 Å². The molecule has 2 aromatic rings. The van der Waals surface area contributed by atoms with Gasteiger partial charge in [0.25, 0.3) is 0 Å². The number of carbonyl (C=O) groups excluding carboxylic acids is 1. The molecule has 0 spiro atoms. The van der Waals surface area contributed by atoms with Crippen molar-refractivity contribution < 1.29 is 44.2 Å². The van der Waals surface area contributed by atoms with Gasteiger partial charge in [-0.1, -0.05) is 22.0 Å². The summed E-state index contributed by atoms with van der Waals surface area (Å²) in [6.45, 7) is 0.204. The molecule has 2 aliphatic rings. The van der Waals surface area contributed by atoms with Gasteiger partial charge in [-0.05, 0) is 30.3 Å². The Hall–Kier alpha value is -2.05. The zero-order valence-corrected chi connectivity index (χ0v) is 18.7. The first-order chi connectivity index (χ1) is 15.3. The van der Waals surface area contributed by atoms with Gasteiger partial charge < -0.3 is 39.4 Å². The number of hydrogen-bond acceptors (Lipinski definition) is 9. The van der Waals surface area contributed by atoms with E-state index in [0.29, 0.717) is 34.7 Å². The van der Waals surface area contributed by atoms with Crippen molar-refractivity contribution in [1.29, 1.82) is 0 Å². The minimum absolute atomic E-state index is 0.223. The summed E-state index contributed by atoms with van der Waals surface area (Å²) < 4.78 is 22.7. The van der Waals surface area contributed by atoms with Crippen LogP contribution >= 0.6 is 15.9 Å². The first kappa shape index (κ1) is 23.1. The van der Waals surface area contributed by atoms with Gasteiger partial charge >= 0.3 is 0 Å². The van der Waals surface area contributed by atoms with E-state index in [1.165, 1.54) is 13.2 Å². The molecule has 4 rings (SSSR count). The third-order valence-electron chi connectivity index (χ3n) is 5.67. The summed E-state index contributed by atoms with van der Waals surface area (Å²) in [5, 5.41) is 40.7. The first-order valence-corrected chi connectivity index (χ1v) is 10.7. The molecule has 0 aromatic heterocycles. The highest BCUT2D eigenvalue weighted by Gasteiger charge is 2.55. The summed E-state index contributed by atoms with van der Waals surface area (Å²) in [6.07, 6.45) is -6.08. The lowest BCUT2D eigenvalue weighted by molar-refractivity contribution is -0.366. The lowest BCUT2D eigenvalue weighted by atomic mass is 9.87. The molecule has 10 heteroatoms. The van der Waals surface area contributed by atoms with Crippen molar-refractivity contribution >= 4 is 21.7 Å². The van der Waals surface area contributed by atoms with E-state index < -0.39 is 36.8 Å². The van der Waals surface area contributed by atoms with Crippen LogP contribution in [0.5, 0.6) is 11.5 Å². The predicted octanol–water partition coefficient (Wildman–Crippen LogP) is 0.724. The molecule has 1 unspecified atom stereocenters. The number of ether oxygens (including phenoxy) is 4. The Labute approximate surface area is 192 Å². The summed E-state index contributed by atoms with van der Waals surface area (Å²) in [4.78, 5) is 13.3. The lowest BCUT2D eigenvalue weighted by Crippen LogP contribution is -2.64. The predicted molar refractivity (Wildman–Crippen MR) is 114 cm³/mol. The van der Waals surface area contributed by atoms with Crippen molar-refractivity contribution in [3.63, 3.8) is 0 Å². The highest BCUT2D eigenvalue weighted by Crippen LogP contribution is 2.41. The molecule has 172 valence electrons. The Morgan fingerprint density at radius 2 is 1.81 bits per heavy atom. The van der Waals surface area contributed by atoms with Crippen LogP contribution in [0, 0.1) is 0 Å². The Morgan fingerprint density at radius 1 is 1.09 bits per heavy atom. The van der Waals surface area contributed by atoms with Gasteiger partial charge in [-0.2, -0.15) is 0 Å². The average Bonchev–Trinajstić information content (AvgIpc) is 2.83. The molecule has 2 aliphatic heterocycles. The molecule has 9 nitrogen and oxygen atoms in total. The highest BCUT2D eigenvalue weighted by molar-refractivity contribution is 9.10. The molecular weight excluding hydrogens is 488 g/mol. The molecule has 0 amide bonds. The summed E-state index contributed by atoms with van der Waals surface area (Å²) in [5.74, 6) is -1.24. The number of hydrogen-bond donors (Lipinski definition) is 4. The fraction of sp³-hybridized carbons (Fsp3) is 0.409. The molecule has 0 radical (unpaired) electrons. The number of fused-ring (bicyclic) bond motifs is 1. The molecule has 1 fully saturated rings. The van der Waals surface area contributed by atoms with Crippen LogP contribution in [0.1, 0.15) is 21.5 Å². The Bertz CT molecular complexity index is 1010. The van der Waals surface area contributed by atoms with E-state index in [1.807, 2.05) is 0 Å². The molecule has 0 bridgehead atoms. The molecule has 0 aliphatic carbocycles. The van der Waals surface area contributed by atoms with Crippen LogP contribution in [-0.2, 0) is 15.3 Å². The summed E-state index contributed by atoms with van der Waals surface area (Å²) in [6, 6.07) is 9.48. The van der Waals surface area contributed by atoms with Crippen LogP contribution < -0.4 is 9.47 Å². The van der Waals surface area contributed by atoms with Crippen molar-refractivity contribution in [2.45, 2.75) is 30.2 Å². The molecule has 2 heterocycles. The van der Waals surface area contributed by atoms with Crippen LogP contribution in [0.2, 0.25) is 0 Å². The van der Waals surface area contributed by atoms with Crippen LogP contribution in [-0.4, -0.2) is 77.6 Å². The van der Waals surface area contributed by atoms with E-state index in [4.69, 9.17) is 18.9 Å². The number of rotatable bonds is 5. The van der Waals surface area contributed by atoms with Crippen molar-refractivity contribution in [3.8, 4) is 11.5 Å². The van der Waals surface area contributed by atoms with Gasteiger partial charge in [0.2, 0.25) is 5.79 Å². The normalized spacial score (nSPS) is 29.6. The largest absolute Gasteiger partial charge is 0.486 e. The molecular formula is C22H23BrO9. The number of aliphatic hydroxyl groups is 4. The molecule has 32 heavy (non-hydrogen) atoms. The SMILES string of the molecule is COC1(c2ccc(Br)c(C(=O)c3ccc4c(c3)OCCO4)c2)O[C@H](CO)[C@@H](O)[C@H](O)[C@H]1O. The van der Waals surface area contributed by atoms with Gasteiger partial charge in [-0.25, -0.2) is 0 Å². The van der Waals surface area contributed by atoms with Gasteiger partial charge in [0.05, 0.1) is 6.61 Å². The van der Waals surface area contributed by atoms with Gasteiger partial charge in [0.15, 0.2) is 17.3 Å². The smallest absolute Gasteiger partial charge is 0.224 e. The van der Waals surface area contributed by atoms with Crippen molar-refractivity contribution in [2.24, 2.45) is 0 Å². The highest BCUT2D eigenvalue weighted by atomic mass is 79.9. The summed E-state index contributed by atoms with van der Waals surface area (Å²) in [7, 11) is 1.26. The van der Waals surface area contributed by atoms with Crippen LogP contribution in [0.3, 0.4) is 0 Å². The number of carbonyl (C=O) groups is 1. The van der Waals surface area contributed by atoms with Crippen LogP contribution in [0.25, 0.3) is 0 Å². The van der Waals surface area contributed by atoms with Crippen molar-refractivity contribution in [2.75, 3.05) is 26.9 Å². The van der Waals surface area contributed by atoms with E-state index in [2.05, 4.69) is 15.9 Å².